The van der Waals surface area contributed by atoms with Gasteiger partial charge in [0.2, 0.25) is 5.91 Å². The van der Waals surface area contributed by atoms with Crippen LogP contribution in [0.3, 0.4) is 0 Å². The summed E-state index contributed by atoms with van der Waals surface area (Å²) in [7, 11) is 0. The van der Waals surface area contributed by atoms with Crippen LogP contribution in [0.15, 0.2) is 18.2 Å². The summed E-state index contributed by atoms with van der Waals surface area (Å²) in [5.41, 5.74) is 8.04. The summed E-state index contributed by atoms with van der Waals surface area (Å²) in [6.07, 6.45) is 1.16. The van der Waals surface area contributed by atoms with E-state index in [2.05, 4.69) is 12.2 Å². The van der Waals surface area contributed by atoms with Crippen LogP contribution in [-0.2, 0) is 4.79 Å². The molecule has 0 aliphatic carbocycles. The van der Waals surface area contributed by atoms with Crippen molar-refractivity contribution in [3.8, 4) is 5.75 Å². The molecule has 0 spiro atoms. The Kier molecular flexibility index (Phi) is 9.01. The Morgan fingerprint density at radius 2 is 2.05 bits per heavy atom. The predicted molar refractivity (Wildman–Crippen MR) is 84.6 cm³/mol. The van der Waals surface area contributed by atoms with E-state index in [4.69, 9.17) is 10.5 Å². The highest BCUT2D eigenvalue weighted by Crippen LogP contribution is 2.16. The van der Waals surface area contributed by atoms with Gasteiger partial charge in [-0.05, 0) is 50.5 Å². The fraction of sp³-hybridized carbons (Fsp3) is 0.533. The second kappa shape index (κ2) is 9.61. The number of rotatable bonds is 7. The van der Waals surface area contributed by atoms with E-state index in [1.165, 1.54) is 11.1 Å². The van der Waals surface area contributed by atoms with E-state index in [1.54, 1.807) is 0 Å². The minimum absolute atomic E-state index is 0. The molecule has 0 heterocycles. The number of carbonyl (C=O) groups excluding carboxylic acids is 1. The molecule has 4 nitrogen and oxygen atoms in total. The first-order valence-corrected chi connectivity index (χ1v) is 6.71. The molecule has 114 valence electrons. The van der Waals surface area contributed by atoms with Gasteiger partial charge in [-0.15, -0.1) is 12.4 Å². The number of ether oxygens (including phenoxy) is 1. The summed E-state index contributed by atoms with van der Waals surface area (Å²) in [5, 5.41) is 2.82. The molecule has 0 radical (unpaired) electrons. The van der Waals surface area contributed by atoms with E-state index in [1.807, 2.05) is 32.0 Å². The number of aryl methyl sites for hydroxylation is 2. The Hall–Kier alpha value is -1.26. The average molecular weight is 301 g/mol. The van der Waals surface area contributed by atoms with Gasteiger partial charge in [0.1, 0.15) is 5.75 Å². The van der Waals surface area contributed by atoms with Gasteiger partial charge < -0.3 is 15.8 Å². The third-order valence-corrected chi connectivity index (χ3v) is 3.00. The van der Waals surface area contributed by atoms with E-state index >= 15 is 0 Å². The molecule has 0 saturated heterocycles. The fourth-order valence-corrected chi connectivity index (χ4v) is 1.59. The number of nitrogens with one attached hydrogen (secondary N) is 1. The van der Waals surface area contributed by atoms with E-state index in [9.17, 15) is 4.79 Å². The maximum absolute atomic E-state index is 11.5. The lowest BCUT2D eigenvalue weighted by atomic mass is 10.1. The molecule has 1 rings (SSSR count). The van der Waals surface area contributed by atoms with Crippen molar-refractivity contribution < 1.29 is 9.53 Å². The zero-order valence-electron chi connectivity index (χ0n) is 12.4. The summed E-state index contributed by atoms with van der Waals surface area (Å²) in [6.45, 7) is 7.05. The second-order valence-corrected chi connectivity index (χ2v) is 4.96. The molecule has 0 aliphatic rings. The summed E-state index contributed by atoms with van der Waals surface area (Å²) >= 11 is 0. The van der Waals surface area contributed by atoms with Gasteiger partial charge in [-0.3, -0.25) is 4.79 Å². The van der Waals surface area contributed by atoms with Crippen LogP contribution < -0.4 is 15.8 Å². The van der Waals surface area contributed by atoms with Crippen LogP contribution in [0.4, 0.5) is 0 Å². The van der Waals surface area contributed by atoms with E-state index in [0.29, 0.717) is 19.6 Å². The van der Waals surface area contributed by atoms with E-state index in [0.717, 1.165) is 12.2 Å². The molecular formula is C15H25ClN2O2. The normalized spacial score (nSPS) is 11.4. The van der Waals surface area contributed by atoms with Crippen LogP contribution in [0.5, 0.6) is 5.75 Å². The third kappa shape index (κ3) is 7.36. The van der Waals surface area contributed by atoms with Gasteiger partial charge in [0.15, 0.2) is 0 Å². The molecule has 0 aromatic heterocycles. The van der Waals surface area contributed by atoms with Crippen molar-refractivity contribution >= 4 is 18.3 Å². The van der Waals surface area contributed by atoms with Gasteiger partial charge in [0, 0.05) is 12.6 Å². The molecule has 1 aromatic rings. The first-order chi connectivity index (χ1) is 8.99. The molecule has 0 saturated carbocycles. The van der Waals surface area contributed by atoms with Crippen molar-refractivity contribution in [2.45, 2.75) is 39.7 Å². The predicted octanol–water partition coefficient (Wildman–Crippen LogP) is 2.35. The van der Waals surface area contributed by atoms with E-state index < -0.39 is 0 Å². The van der Waals surface area contributed by atoms with Gasteiger partial charge in [-0.25, -0.2) is 0 Å². The van der Waals surface area contributed by atoms with Crippen molar-refractivity contribution in [2.75, 3.05) is 13.2 Å². The smallest absolute Gasteiger partial charge is 0.223 e. The minimum Gasteiger partial charge on any atom is -0.493 e. The van der Waals surface area contributed by atoms with Crippen molar-refractivity contribution in [3.05, 3.63) is 29.3 Å². The Morgan fingerprint density at radius 1 is 1.35 bits per heavy atom. The van der Waals surface area contributed by atoms with Crippen molar-refractivity contribution in [1.29, 1.82) is 0 Å². The molecule has 1 aromatic carbocycles. The van der Waals surface area contributed by atoms with Gasteiger partial charge in [0.25, 0.3) is 0 Å². The third-order valence-electron chi connectivity index (χ3n) is 3.00. The van der Waals surface area contributed by atoms with Crippen LogP contribution in [0, 0.1) is 13.8 Å². The number of nitrogens with two attached hydrogens (primary N) is 1. The number of benzene rings is 1. The van der Waals surface area contributed by atoms with Gasteiger partial charge in [-0.2, -0.15) is 0 Å². The Balaban J connectivity index is 0.00000361. The van der Waals surface area contributed by atoms with Crippen LogP contribution >= 0.6 is 12.4 Å². The van der Waals surface area contributed by atoms with Gasteiger partial charge >= 0.3 is 0 Å². The fourth-order valence-electron chi connectivity index (χ4n) is 1.59. The van der Waals surface area contributed by atoms with E-state index in [-0.39, 0.29) is 24.4 Å². The maximum atomic E-state index is 11.5. The lowest BCUT2D eigenvalue weighted by Gasteiger charge is -2.09. The largest absolute Gasteiger partial charge is 0.493 e. The summed E-state index contributed by atoms with van der Waals surface area (Å²) in [5.74, 6) is 0.816. The van der Waals surface area contributed by atoms with Crippen molar-refractivity contribution in [3.63, 3.8) is 0 Å². The molecule has 1 amide bonds. The first-order valence-electron chi connectivity index (χ1n) is 6.71. The molecule has 1 unspecified atom stereocenters. The number of carbonyl (C=O) groups is 1. The number of hydrogen-bond acceptors (Lipinski definition) is 3. The average Bonchev–Trinajstić information content (AvgIpc) is 2.33. The molecule has 0 aliphatic heterocycles. The van der Waals surface area contributed by atoms with Crippen LogP contribution in [0.2, 0.25) is 0 Å². The van der Waals surface area contributed by atoms with Crippen LogP contribution in [0.1, 0.15) is 30.9 Å². The standard InChI is InChI=1S/C15H24N2O2.ClH/c1-11-4-5-14(10-12(11)2)19-9-7-15(18)17-8-6-13(3)16;/h4-5,10,13H,6-9,16H2,1-3H3,(H,17,18);1H. The highest BCUT2D eigenvalue weighted by atomic mass is 35.5. The lowest BCUT2D eigenvalue weighted by Crippen LogP contribution is -2.29. The zero-order valence-corrected chi connectivity index (χ0v) is 13.3. The summed E-state index contributed by atoms with van der Waals surface area (Å²) in [4.78, 5) is 11.5. The molecule has 5 heteroatoms. The quantitative estimate of drug-likeness (QED) is 0.812. The second-order valence-electron chi connectivity index (χ2n) is 4.96. The molecule has 3 N–H and O–H groups in total. The highest BCUT2D eigenvalue weighted by Gasteiger charge is 2.03. The Bertz CT molecular complexity index is 422. The number of hydrogen-bond donors (Lipinski definition) is 2. The number of halogens is 1. The van der Waals surface area contributed by atoms with Crippen molar-refractivity contribution in [2.24, 2.45) is 5.73 Å². The molecule has 0 fully saturated rings. The molecule has 1 atom stereocenters. The maximum Gasteiger partial charge on any atom is 0.223 e. The zero-order chi connectivity index (χ0) is 14.3. The monoisotopic (exact) mass is 300 g/mol. The highest BCUT2D eigenvalue weighted by molar-refractivity contribution is 5.85. The van der Waals surface area contributed by atoms with Gasteiger partial charge in [0.05, 0.1) is 13.0 Å². The molecular weight excluding hydrogens is 276 g/mol. The van der Waals surface area contributed by atoms with Crippen LogP contribution in [-0.4, -0.2) is 25.1 Å². The first kappa shape index (κ1) is 18.7. The van der Waals surface area contributed by atoms with Crippen molar-refractivity contribution in [1.82, 2.24) is 5.32 Å². The summed E-state index contributed by atoms with van der Waals surface area (Å²) < 4.78 is 5.55. The topological polar surface area (TPSA) is 64.3 Å². The minimum atomic E-state index is 0. The van der Waals surface area contributed by atoms with Crippen LogP contribution in [0.25, 0.3) is 0 Å². The summed E-state index contributed by atoms with van der Waals surface area (Å²) in [6, 6.07) is 6.06. The lowest BCUT2D eigenvalue weighted by molar-refractivity contribution is -0.121. The molecule has 20 heavy (non-hydrogen) atoms. The number of amides is 1. The SMILES string of the molecule is Cc1ccc(OCCC(=O)NCCC(C)N)cc1C.Cl. The van der Waals surface area contributed by atoms with Gasteiger partial charge in [-0.1, -0.05) is 6.07 Å². The Labute approximate surface area is 127 Å². The Morgan fingerprint density at radius 3 is 2.65 bits per heavy atom. The molecule has 0 bridgehead atoms.